The normalized spacial score (nSPS) is 35.2. The van der Waals surface area contributed by atoms with Crippen LogP contribution in [0.2, 0.25) is 0 Å². The summed E-state index contributed by atoms with van der Waals surface area (Å²) in [5.41, 5.74) is 1.18. The maximum Gasteiger partial charge on any atom is 0.146 e. The second kappa shape index (κ2) is 3.72. The van der Waals surface area contributed by atoms with E-state index in [9.17, 15) is 4.79 Å². The van der Waals surface area contributed by atoms with Crippen LogP contribution in [0.4, 0.5) is 0 Å². The van der Waals surface area contributed by atoms with Crippen molar-refractivity contribution < 1.29 is 4.79 Å². The Morgan fingerprint density at radius 2 is 2.50 bits per heavy atom. The maximum absolute atomic E-state index is 10.9. The third-order valence-corrected chi connectivity index (χ3v) is 3.60. The van der Waals surface area contributed by atoms with E-state index in [-0.39, 0.29) is 5.41 Å². The standard InChI is InChI=1S/C13H18O/c1-2-3-4-6-13-7-5-11(9-13)8-12(13)10-14/h4,6,8,10-11H,2-3,5,7,9H2,1H3. The van der Waals surface area contributed by atoms with E-state index in [1.807, 2.05) is 0 Å². The highest BCUT2D eigenvalue weighted by Gasteiger charge is 2.44. The quantitative estimate of drug-likeness (QED) is 0.491. The van der Waals surface area contributed by atoms with Gasteiger partial charge in [-0.2, -0.15) is 0 Å². The van der Waals surface area contributed by atoms with Gasteiger partial charge in [-0.15, -0.1) is 0 Å². The van der Waals surface area contributed by atoms with Crippen LogP contribution in [0.3, 0.4) is 0 Å². The van der Waals surface area contributed by atoms with Gasteiger partial charge in [0.2, 0.25) is 0 Å². The number of hydrogen-bond acceptors (Lipinski definition) is 1. The smallest absolute Gasteiger partial charge is 0.146 e. The molecule has 76 valence electrons. The molecule has 0 amide bonds. The van der Waals surface area contributed by atoms with Crippen LogP contribution >= 0.6 is 0 Å². The van der Waals surface area contributed by atoms with Crippen LogP contribution in [-0.2, 0) is 4.79 Å². The summed E-state index contributed by atoms with van der Waals surface area (Å²) in [5, 5.41) is 0. The summed E-state index contributed by atoms with van der Waals surface area (Å²) in [6.45, 7) is 2.19. The lowest BCUT2D eigenvalue weighted by Crippen LogP contribution is -2.15. The van der Waals surface area contributed by atoms with Gasteiger partial charge in [0, 0.05) is 5.41 Å². The Morgan fingerprint density at radius 3 is 3.14 bits per heavy atom. The molecule has 0 spiro atoms. The van der Waals surface area contributed by atoms with E-state index in [2.05, 4.69) is 25.2 Å². The number of unbranched alkanes of at least 4 members (excludes halogenated alkanes) is 1. The van der Waals surface area contributed by atoms with Crippen LogP contribution in [0.1, 0.15) is 39.0 Å². The molecule has 1 fully saturated rings. The van der Waals surface area contributed by atoms with Crippen LogP contribution in [0.5, 0.6) is 0 Å². The summed E-state index contributed by atoms with van der Waals surface area (Å²) in [5.74, 6) is 0.682. The first-order chi connectivity index (χ1) is 6.80. The molecule has 2 aliphatic carbocycles. The summed E-state index contributed by atoms with van der Waals surface area (Å²) in [6, 6.07) is 0. The highest BCUT2D eigenvalue weighted by molar-refractivity contribution is 5.78. The van der Waals surface area contributed by atoms with E-state index < -0.39 is 0 Å². The summed E-state index contributed by atoms with van der Waals surface area (Å²) in [4.78, 5) is 10.9. The number of allylic oxidation sites excluding steroid dienone is 4. The molecule has 0 aromatic rings. The van der Waals surface area contributed by atoms with Crippen LogP contribution in [0.25, 0.3) is 0 Å². The molecular formula is C13H18O. The Bertz CT molecular complexity index is 288. The Morgan fingerprint density at radius 1 is 1.64 bits per heavy atom. The number of carbonyl (C=O) groups excluding carboxylic acids is 1. The van der Waals surface area contributed by atoms with Crippen molar-refractivity contribution in [1.82, 2.24) is 0 Å². The number of fused-ring (bicyclic) bond motifs is 2. The minimum absolute atomic E-state index is 0.140. The molecule has 0 aromatic carbocycles. The van der Waals surface area contributed by atoms with Crippen LogP contribution < -0.4 is 0 Å². The molecule has 1 nitrogen and oxygen atoms in total. The van der Waals surface area contributed by atoms with Crippen molar-refractivity contribution in [2.75, 3.05) is 0 Å². The van der Waals surface area contributed by atoms with Gasteiger partial charge in [0.1, 0.15) is 6.29 Å². The molecule has 0 N–H and O–H groups in total. The van der Waals surface area contributed by atoms with Crippen molar-refractivity contribution in [3.8, 4) is 0 Å². The first kappa shape index (κ1) is 9.70. The van der Waals surface area contributed by atoms with E-state index in [4.69, 9.17) is 0 Å². The molecule has 0 radical (unpaired) electrons. The van der Waals surface area contributed by atoms with Crippen molar-refractivity contribution in [2.24, 2.45) is 11.3 Å². The van der Waals surface area contributed by atoms with E-state index >= 15 is 0 Å². The fraction of sp³-hybridized carbons (Fsp3) is 0.615. The molecular weight excluding hydrogens is 172 g/mol. The predicted octanol–water partition coefficient (Wildman–Crippen LogP) is 3.27. The summed E-state index contributed by atoms with van der Waals surface area (Å²) >= 11 is 0. The van der Waals surface area contributed by atoms with Crippen molar-refractivity contribution in [3.05, 3.63) is 23.8 Å². The number of rotatable bonds is 4. The van der Waals surface area contributed by atoms with Gasteiger partial charge in [-0.3, -0.25) is 4.79 Å². The average Bonchev–Trinajstić information content (AvgIpc) is 2.75. The van der Waals surface area contributed by atoms with Gasteiger partial charge in [-0.05, 0) is 37.2 Å². The zero-order chi connectivity index (χ0) is 10.0. The van der Waals surface area contributed by atoms with Crippen molar-refractivity contribution in [1.29, 1.82) is 0 Å². The van der Waals surface area contributed by atoms with E-state index in [1.54, 1.807) is 0 Å². The van der Waals surface area contributed by atoms with E-state index in [1.165, 1.54) is 25.7 Å². The Kier molecular flexibility index (Phi) is 2.58. The fourth-order valence-electron chi connectivity index (χ4n) is 2.82. The average molecular weight is 190 g/mol. The monoisotopic (exact) mass is 190 g/mol. The van der Waals surface area contributed by atoms with Crippen LogP contribution in [-0.4, -0.2) is 6.29 Å². The van der Waals surface area contributed by atoms with Gasteiger partial charge >= 0.3 is 0 Å². The van der Waals surface area contributed by atoms with Gasteiger partial charge in [0.25, 0.3) is 0 Å². The zero-order valence-electron chi connectivity index (χ0n) is 8.83. The molecule has 0 saturated heterocycles. The molecule has 0 aliphatic heterocycles. The van der Waals surface area contributed by atoms with Crippen molar-refractivity contribution in [3.63, 3.8) is 0 Å². The molecule has 1 saturated carbocycles. The molecule has 2 unspecified atom stereocenters. The molecule has 0 aromatic heterocycles. The SMILES string of the molecule is CCCC=CC12CCC(C=C1C=O)C2. The third kappa shape index (κ3) is 1.45. The van der Waals surface area contributed by atoms with Crippen molar-refractivity contribution >= 4 is 6.29 Å². The summed E-state index contributed by atoms with van der Waals surface area (Å²) in [7, 11) is 0. The van der Waals surface area contributed by atoms with Crippen molar-refractivity contribution in [2.45, 2.75) is 39.0 Å². The zero-order valence-corrected chi connectivity index (χ0v) is 8.83. The van der Waals surface area contributed by atoms with Crippen LogP contribution in [0.15, 0.2) is 23.8 Å². The third-order valence-electron chi connectivity index (χ3n) is 3.60. The predicted molar refractivity (Wildman–Crippen MR) is 58.0 cm³/mol. The highest BCUT2D eigenvalue weighted by atomic mass is 16.1. The molecule has 2 aliphatic rings. The maximum atomic E-state index is 10.9. The summed E-state index contributed by atoms with van der Waals surface area (Å²) < 4.78 is 0. The lowest BCUT2D eigenvalue weighted by molar-refractivity contribution is -0.105. The lowest BCUT2D eigenvalue weighted by atomic mass is 9.80. The van der Waals surface area contributed by atoms with Gasteiger partial charge < -0.3 is 0 Å². The molecule has 0 heterocycles. The highest BCUT2D eigenvalue weighted by Crippen LogP contribution is 2.54. The van der Waals surface area contributed by atoms with Gasteiger partial charge in [-0.1, -0.05) is 31.6 Å². The fourth-order valence-corrected chi connectivity index (χ4v) is 2.82. The second-order valence-corrected chi connectivity index (χ2v) is 4.59. The molecule has 2 bridgehead atoms. The Hall–Kier alpha value is -0.850. The Labute approximate surface area is 85.9 Å². The van der Waals surface area contributed by atoms with Gasteiger partial charge in [0.05, 0.1) is 0 Å². The molecule has 14 heavy (non-hydrogen) atoms. The topological polar surface area (TPSA) is 17.1 Å². The second-order valence-electron chi connectivity index (χ2n) is 4.59. The lowest BCUT2D eigenvalue weighted by Gasteiger charge is -2.23. The van der Waals surface area contributed by atoms with Crippen LogP contribution in [0, 0.1) is 11.3 Å². The largest absolute Gasteiger partial charge is 0.298 e. The first-order valence-electron chi connectivity index (χ1n) is 5.66. The van der Waals surface area contributed by atoms with Gasteiger partial charge in [-0.25, -0.2) is 0 Å². The summed E-state index contributed by atoms with van der Waals surface area (Å²) in [6.07, 6.45) is 13.8. The molecule has 2 atom stereocenters. The van der Waals surface area contributed by atoms with E-state index in [0.717, 1.165) is 18.3 Å². The minimum atomic E-state index is 0.140. The first-order valence-corrected chi connectivity index (χ1v) is 5.66. The van der Waals surface area contributed by atoms with E-state index in [0.29, 0.717) is 5.92 Å². The number of carbonyl (C=O) groups is 1. The minimum Gasteiger partial charge on any atom is -0.298 e. The van der Waals surface area contributed by atoms with Gasteiger partial charge in [0.15, 0.2) is 0 Å². The molecule has 2 rings (SSSR count). The molecule has 1 heteroatoms. The Balaban J connectivity index is 2.14. The number of hydrogen-bond donors (Lipinski definition) is 0. The number of aldehydes is 1.